The highest BCUT2D eigenvalue weighted by atomic mass is 16.5. The maximum Gasteiger partial charge on any atom is 0.322 e. The van der Waals surface area contributed by atoms with Gasteiger partial charge in [-0.3, -0.25) is 4.98 Å². The van der Waals surface area contributed by atoms with E-state index in [0.717, 1.165) is 29.8 Å². The second-order valence-electron chi connectivity index (χ2n) is 7.13. The molecule has 0 spiro atoms. The van der Waals surface area contributed by atoms with Crippen molar-refractivity contribution in [3.05, 3.63) is 54.4 Å². The summed E-state index contributed by atoms with van der Waals surface area (Å²) < 4.78 is 5.14. The Kier molecular flexibility index (Phi) is 4.28. The number of fused-ring (bicyclic) bond motifs is 2. The van der Waals surface area contributed by atoms with E-state index in [1.807, 2.05) is 41.3 Å². The number of aliphatic hydroxyl groups is 1. The van der Waals surface area contributed by atoms with Gasteiger partial charge in [-0.25, -0.2) is 4.79 Å². The van der Waals surface area contributed by atoms with Crippen molar-refractivity contribution in [2.24, 2.45) is 0 Å². The van der Waals surface area contributed by atoms with Gasteiger partial charge in [-0.05, 0) is 43.2 Å². The molecule has 0 aliphatic carbocycles. The lowest BCUT2D eigenvalue weighted by Gasteiger charge is -2.43. The Morgan fingerprint density at radius 2 is 1.92 bits per heavy atom. The minimum Gasteiger partial charge on any atom is -0.497 e. The van der Waals surface area contributed by atoms with Crippen LogP contribution in [0.4, 0.5) is 10.5 Å². The van der Waals surface area contributed by atoms with Crippen LogP contribution in [-0.4, -0.2) is 40.2 Å². The molecule has 6 nitrogen and oxygen atoms in total. The lowest BCUT2D eigenvalue weighted by atomic mass is 9.81. The van der Waals surface area contributed by atoms with Crippen molar-refractivity contribution in [3.8, 4) is 5.75 Å². The molecule has 2 aliphatic heterocycles. The van der Waals surface area contributed by atoms with E-state index < -0.39 is 5.60 Å². The maximum absolute atomic E-state index is 12.8. The number of carbonyl (C=O) groups is 1. The second-order valence-corrected chi connectivity index (χ2v) is 7.13. The van der Waals surface area contributed by atoms with Gasteiger partial charge in [0.2, 0.25) is 0 Å². The number of nitrogens with one attached hydrogen (secondary N) is 1. The number of methoxy groups -OCH3 is 1. The van der Waals surface area contributed by atoms with Gasteiger partial charge in [0.15, 0.2) is 0 Å². The fraction of sp³-hybridized carbons (Fsp3) is 0.400. The molecule has 1 aromatic carbocycles. The van der Waals surface area contributed by atoms with Gasteiger partial charge in [0.1, 0.15) is 5.75 Å². The first-order chi connectivity index (χ1) is 12.6. The van der Waals surface area contributed by atoms with Crippen LogP contribution >= 0.6 is 0 Å². The molecule has 136 valence electrons. The maximum atomic E-state index is 12.8. The number of anilines is 1. The molecule has 2 N–H and O–H groups in total. The summed E-state index contributed by atoms with van der Waals surface area (Å²) in [7, 11) is 1.61. The fourth-order valence-corrected chi connectivity index (χ4v) is 4.29. The SMILES string of the molecule is COc1ccc(NC(=O)N2C3CCC2CC(O)(c2cccnc2)C3)cc1. The number of rotatable bonds is 3. The largest absolute Gasteiger partial charge is 0.497 e. The van der Waals surface area contributed by atoms with Crippen LogP contribution in [0.15, 0.2) is 48.8 Å². The van der Waals surface area contributed by atoms with Crippen LogP contribution in [-0.2, 0) is 5.60 Å². The van der Waals surface area contributed by atoms with Crippen LogP contribution in [0, 0.1) is 0 Å². The van der Waals surface area contributed by atoms with Crippen molar-refractivity contribution in [2.75, 3.05) is 12.4 Å². The lowest BCUT2D eigenvalue weighted by Crippen LogP contribution is -2.53. The molecule has 0 radical (unpaired) electrons. The molecule has 2 unspecified atom stereocenters. The summed E-state index contributed by atoms with van der Waals surface area (Å²) in [5, 5.41) is 14.1. The van der Waals surface area contributed by atoms with E-state index in [0.29, 0.717) is 12.8 Å². The van der Waals surface area contributed by atoms with Gasteiger partial charge in [-0.1, -0.05) is 6.07 Å². The second kappa shape index (κ2) is 6.61. The number of hydrogen-bond donors (Lipinski definition) is 2. The molecular weight excluding hydrogens is 330 g/mol. The van der Waals surface area contributed by atoms with E-state index in [1.165, 1.54) is 0 Å². The number of piperidine rings is 1. The van der Waals surface area contributed by atoms with Gasteiger partial charge < -0.3 is 20.1 Å². The van der Waals surface area contributed by atoms with Crippen molar-refractivity contribution < 1.29 is 14.6 Å². The quantitative estimate of drug-likeness (QED) is 0.889. The molecule has 4 rings (SSSR count). The average molecular weight is 353 g/mol. The molecule has 2 fully saturated rings. The van der Waals surface area contributed by atoms with Crippen LogP contribution < -0.4 is 10.1 Å². The number of carbonyl (C=O) groups excluding carboxylic acids is 1. The number of nitrogens with zero attached hydrogens (tertiary/aromatic N) is 2. The number of benzene rings is 1. The van der Waals surface area contributed by atoms with Crippen molar-refractivity contribution >= 4 is 11.7 Å². The zero-order valence-electron chi connectivity index (χ0n) is 14.8. The topological polar surface area (TPSA) is 74.7 Å². The molecule has 2 atom stereocenters. The van der Waals surface area contributed by atoms with E-state index in [-0.39, 0.29) is 18.1 Å². The molecule has 2 saturated heterocycles. The highest BCUT2D eigenvalue weighted by Gasteiger charge is 2.50. The number of pyridine rings is 1. The normalized spacial score (nSPS) is 27.2. The number of ether oxygens (including phenoxy) is 1. The van der Waals surface area contributed by atoms with Crippen LogP contribution in [0.25, 0.3) is 0 Å². The number of aromatic nitrogens is 1. The van der Waals surface area contributed by atoms with Gasteiger partial charge in [0.25, 0.3) is 0 Å². The predicted octanol–water partition coefficient (Wildman–Crippen LogP) is 3.14. The molecule has 6 heteroatoms. The predicted molar refractivity (Wildman–Crippen MR) is 98.0 cm³/mol. The first kappa shape index (κ1) is 16.8. The molecular formula is C20H23N3O3. The monoisotopic (exact) mass is 353 g/mol. The van der Waals surface area contributed by atoms with Gasteiger partial charge in [-0.2, -0.15) is 0 Å². The van der Waals surface area contributed by atoms with Crippen molar-refractivity contribution in [3.63, 3.8) is 0 Å². The highest BCUT2D eigenvalue weighted by molar-refractivity contribution is 5.90. The van der Waals surface area contributed by atoms with Gasteiger partial charge >= 0.3 is 6.03 Å². The molecule has 2 aliphatic rings. The third-order valence-electron chi connectivity index (χ3n) is 5.54. The Labute approximate surface area is 152 Å². The minimum atomic E-state index is -0.906. The summed E-state index contributed by atoms with van der Waals surface area (Å²) in [6, 6.07) is 11.0. The van der Waals surface area contributed by atoms with Crippen molar-refractivity contribution in [1.29, 1.82) is 0 Å². The third-order valence-corrected chi connectivity index (χ3v) is 5.54. The molecule has 2 bridgehead atoms. The third kappa shape index (κ3) is 3.01. The number of hydrogen-bond acceptors (Lipinski definition) is 4. The standard InChI is InChI=1S/C20H23N3O3/c1-26-18-8-4-15(5-9-18)22-19(24)23-16-6-7-17(23)12-20(25,11-16)14-3-2-10-21-13-14/h2-5,8-10,13,16-17,25H,6-7,11-12H2,1H3,(H,22,24). The van der Waals surface area contributed by atoms with E-state index in [2.05, 4.69) is 10.3 Å². The Bertz CT molecular complexity index is 765. The van der Waals surface area contributed by atoms with E-state index in [4.69, 9.17) is 4.74 Å². The molecule has 2 amide bonds. The Hall–Kier alpha value is -2.60. The van der Waals surface area contributed by atoms with Crippen LogP contribution in [0.2, 0.25) is 0 Å². The van der Waals surface area contributed by atoms with Gasteiger partial charge in [0.05, 0.1) is 12.7 Å². The Morgan fingerprint density at radius 3 is 2.50 bits per heavy atom. The zero-order chi connectivity index (χ0) is 18.1. The first-order valence-electron chi connectivity index (χ1n) is 8.95. The van der Waals surface area contributed by atoms with Gasteiger partial charge in [-0.15, -0.1) is 0 Å². The molecule has 1 aromatic heterocycles. The van der Waals surface area contributed by atoms with Crippen LogP contribution in [0.3, 0.4) is 0 Å². The summed E-state index contributed by atoms with van der Waals surface area (Å²) in [6.07, 6.45) is 6.37. The van der Waals surface area contributed by atoms with Crippen LogP contribution in [0.1, 0.15) is 31.2 Å². The fourth-order valence-electron chi connectivity index (χ4n) is 4.29. The molecule has 3 heterocycles. The lowest BCUT2D eigenvalue weighted by molar-refractivity contribution is -0.0424. The summed E-state index contributed by atoms with van der Waals surface area (Å²) in [5.41, 5.74) is 0.673. The minimum absolute atomic E-state index is 0.0391. The number of urea groups is 1. The zero-order valence-corrected chi connectivity index (χ0v) is 14.8. The first-order valence-corrected chi connectivity index (χ1v) is 8.95. The molecule has 0 saturated carbocycles. The summed E-state index contributed by atoms with van der Waals surface area (Å²) in [4.78, 5) is 18.9. The van der Waals surface area contributed by atoms with Gasteiger partial charge in [0, 0.05) is 48.6 Å². The summed E-state index contributed by atoms with van der Waals surface area (Å²) in [6.45, 7) is 0. The highest BCUT2D eigenvalue weighted by Crippen LogP contribution is 2.45. The van der Waals surface area contributed by atoms with Crippen molar-refractivity contribution in [1.82, 2.24) is 9.88 Å². The van der Waals surface area contributed by atoms with E-state index in [9.17, 15) is 9.90 Å². The summed E-state index contributed by atoms with van der Waals surface area (Å²) >= 11 is 0. The van der Waals surface area contributed by atoms with Crippen molar-refractivity contribution in [2.45, 2.75) is 43.4 Å². The molecule has 26 heavy (non-hydrogen) atoms. The Morgan fingerprint density at radius 1 is 1.23 bits per heavy atom. The van der Waals surface area contributed by atoms with E-state index in [1.54, 1.807) is 19.5 Å². The Balaban J connectivity index is 1.48. The smallest absolute Gasteiger partial charge is 0.322 e. The molecule has 2 aromatic rings. The summed E-state index contributed by atoms with van der Waals surface area (Å²) in [5.74, 6) is 0.752. The average Bonchev–Trinajstić information content (AvgIpc) is 2.95. The number of amides is 2. The van der Waals surface area contributed by atoms with Crippen LogP contribution in [0.5, 0.6) is 5.75 Å². The van der Waals surface area contributed by atoms with E-state index >= 15 is 0 Å².